The Bertz CT molecular complexity index is 1600. The Morgan fingerprint density at radius 3 is 2.49 bits per heavy atom. The summed E-state index contributed by atoms with van der Waals surface area (Å²) >= 11 is 0. The van der Waals surface area contributed by atoms with E-state index in [0.29, 0.717) is 28.4 Å². The molecular weight excluding hydrogens is 496 g/mol. The van der Waals surface area contributed by atoms with Crippen LogP contribution in [-0.2, 0) is 0 Å². The highest BCUT2D eigenvalue weighted by molar-refractivity contribution is 5.93. The molecule has 1 amide bonds. The predicted molar refractivity (Wildman–Crippen MR) is 146 cm³/mol. The summed E-state index contributed by atoms with van der Waals surface area (Å²) < 4.78 is 32.1. The third kappa shape index (κ3) is 4.17. The normalized spacial score (nSPS) is 22.9. The van der Waals surface area contributed by atoms with Crippen molar-refractivity contribution in [3.8, 4) is 11.3 Å². The maximum absolute atomic E-state index is 15.3. The molecule has 200 valence electrons. The van der Waals surface area contributed by atoms with Crippen LogP contribution in [0, 0.1) is 11.7 Å². The zero-order valence-corrected chi connectivity index (χ0v) is 22.1. The number of halogens is 2. The van der Waals surface area contributed by atoms with Crippen molar-refractivity contribution >= 4 is 17.2 Å². The van der Waals surface area contributed by atoms with Gasteiger partial charge >= 0.3 is 0 Å². The molecule has 3 aliphatic rings. The second-order valence-electron chi connectivity index (χ2n) is 11.4. The Kier molecular flexibility index (Phi) is 5.68. The molecule has 2 aromatic carbocycles. The Morgan fingerprint density at radius 1 is 0.974 bits per heavy atom. The van der Waals surface area contributed by atoms with Crippen molar-refractivity contribution in [2.45, 2.75) is 51.2 Å². The van der Waals surface area contributed by atoms with E-state index in [0.717, 1.165) is 49.3 Å². The summed E-state index contributed by atoms with van der Waals surface area (Å²) in [6, 6.07) is 16.0. The molecule has 0 radical (unpaired) electrons. The second-order valence-corrected chi connectivity index (χ2v) is 11.4. The van der Waals surface area contributed by atoms with Crippen LogP contribution in [0.5, 0.6) is 0 Å². The van der Waals surface area contributed by atoms with E-state index in [1.807, 2.05) is 31.2 Å². The van der Waals surface area contributed by atoms with E-state index in [1.165, 1.54) is 0 Å². The maximum Gasteiger partial charge on any atom is 0.273 e. The topological polar surface area (TPSA) is 53.7 Å². The number of nitrogens with zero attached hydrogens (tertiary/aromatic N) is 5. The highest BCUT2D eigenvalue weighted by atomic mass is 19.1. The zero-order chi connectivity index (χ0) is 26.8. The summed E-state index contributed by atoms with van der Waals surface area (Å²) in [5.41, 5.74) is 4.90. The van der Waals surface area contributed by atoms with Gasteiger partial charge in [-0.2, -0.15) is 5.10 Å². The number of carbonyl (C=O) groups excluding carboxylic acids is 1. The molecule has 4 aromatic rings. The Morgan fingerprint density at radius 2 is 1.77 bits per heavy atom. The predicted octanol–water partition coefficient (Wildman–Crippen LogP) is 6.49. The number of hydrogen-bond donors (Lipinski definition) is 0. The van der Waals surface area contributed by atoms with Crippen molar-refractivity contribution in [2.75, 3.05) is 24.5 Å². The van der Waals surface area contributed by atoms with Gasteiger partial charge in [0, 0.05) is 42.0 Å². The first-order chi connectivity index (χ1) is 18.9. The number of benzene rings is 2. The molecule has 1 saturated carbocycles. The first-order valence-electron chi connectivity index (χ1n) is 13.9. The summed E-state index contributed by atoms with van der Waals surface area (Å²) in [5.74, 6) is 0.248. The van der Waals surface area contributed by atoms with Crippen LogP contribution in [0.4, 0.5) is 14.5 Å². The van der Waals surface area contributed by atoms with Crippen LogP contribution in [0.15, 0.2) is 54.6 Å². The molecule has 7 rings (SSSR count). The van der Waals surface area contributed by atoms with Gasteiger partial charge in [0.1, 0.15) is 17.7 Å². The second kappa shape index (κ2) is 9.14. The van der Waals surface area contributed by atoms with Gasteiger partial charge in [-0.15, -0.1) is 0 Å². The fraction of sp³-hybridized carbons (Fsp3) is 0.387. The first-order valence-corrected chi connectivity index (χ1v) is 13.9. The van der Waals surface area contributed by atoms with Gasteiger partial charge in [0.2, 0.25) is 0 Å². The van der Waals surface area contributed by atoms with E-state index in [4.69, 9.17) is 5.10 Å². The third-order valence-corrected chi connectivity index (χ3v) is 8.56. The van der Waals surface area contributed by atoms with Gasteiger partial charge in [-0.3, -0.25) is 4.79 Å². The number of hydrogen-bond acceptors (Lipinski definition) is 4. The molecule has 2 aliphatic heterocycles. The minimum Gasteiger partial charge on any atom is -0.371 e. The number of anilines is 1. The van der Waals surface area contributed by atoms with Crippen LogP contribution in [0.25, 0.3) is 16.9 Å². The van der Waals surface area contributed by atoms with Crippen LogP contribution in [0.1, 0.15) is 78.6 Å². The Labute approximate surface area is 226 Å². The summed E-state index contributed by atoms with van der Waals surface area (Å²) in [6.45, 7) is 5.99. The van der Waals surface area contributed by atoms with E-state index in [-0.39, 0.29) is 35.9 Å². The summed E-state index contributed by atoms with van der Waals surface area (Å²) in [7, 11) is 0. The van der Waals surface area contributed by atoms with Gasteiger partial charge in [-0.05, 0) is 67.5 Å². The monoisotopic (exact) mass is 527 g/mol. The fourth-order valence-electron chi connectivity index (χ4n) is 6.17. The molecule has 6 nitrogen and oxygen atoms in total. The molecule has 3 atom stereocenters. The van der Waals surface area contributed by atoms with Gasteiger partial charge in [-0.25, -0.2) is 18.3 Å². The fourth-order valence-corrected chi connectivity index (χ4v) is 6.17. The Balaban J connectivity index is 1.24. The van der Waals surface area contributed by atoms with Gasteiger partial charge < -0.3 is 9.80 Å². The van der Waals surface area contributed by atoms with E-state index >= 15 is 8.78 Å². The van der Waals surface area contributed by atoms with Gasteiger partial charge in [0.25, 0.3) is 5.91 Å². The molecular formula is C31H31F2N5O. The number of rotatable bonds is 4. The number of aromatic nitrogens is 3. The zero-order valence-electron chi connectivity index (χ0n) is 22.1. The standard InChI is InChI=1S/C31H31F2N5O/c1-18-11-12-36(16-18)21-9-10-24(25(32)13-21)27-15-30-34-28(14-29(20-7-8-20)38(30)35-27)31(39)37-17-26(33)23-6-4-3-5-22(23)19(37)2/h3-6,9-10,13-15,18-20,26H,7-8,11-12,16-17H2,1-2H3/t18-,19+,26?/m0/s1. The average Bonchev–Trinajstić information content (AvgIpc) is 3.55. The Hall–Kier alpha value is -3.81. The third-order valence-electron chi connectivity index (χ3n) is 8.56. The van der Waals surface area contributed by atoms with Gasteiger partial charge in [0.15, 0.2) is 5.65 Å². The van der Waals surface area contributed by atoms with Gasteiger partial charge in [0.05, 0.1) is 18.3 Å². The van der Waals surface area contributed by atoms with Crippen LogP contribution in [-0.4, -0.2) is 45.0 Å². The first kappa shape index (κ1) is 24.2. The molecule has 1 saturated heterocycles. The summed E-state index contributed by atoms with van der Waals surface area (Å²) in [5, 5.41) is 4.73. The lowest BCUT2D eigenvalue weighted by Crippen LogP contribution is -2.40. The van der Waals surface area contributed by atoms with Crippen LogP contribution < -0.4 is 4.90 Å². The molecule has 2 fully saturated rings. The number of fused-ring (bicyclic) bond motifs is 2. The van der Waals surface area contributed by atoms with Gasteiger partial charge in [-0.1, -0.05) is 31.2 Å². The lowest BCUT2D eigenvalue weighted by atomic mass is 9.92. The number of carbonyl (C=O) groups is 1. The van der Waals surface area contributed by atoms with E-state index in [2.05, 4.69) is 16.8 Å². The quantitative estimate of drug-likeness (QED) is 0.305. The van der Waals surface area contributed by atoms with Crippen molar-refractivity contribution in [3.05, 3.63) is 82.9 Å². The van der Waals surface area contributed by atoms with Crippen molar-refractivity contribution in [1.82, 2.24) is 19.5 Å². The minimum absolute atomic E-state index is 0.0134. The minimum atomic E-state index is -1.25. The number of alkyl halides is 1. The highest BCUT2D eigenvalue weighted by Gasteiger charge is 2.36. The molecule has 2 aromatic heterocycles. The number of amides is 1. The lowest BCUT2D eigenvalue weighted by molar-refractivity contribution is 0.0585. The van der Waals surface area contributed by atoms with E-state index in [9.17, 15) is 4.79 Å². The van der Waals surface area contributed by atoms with Crippen molar-refractivity contribution in [1.29, 1.82) is 0 Å². The molecule has 8 heteroatoms. The van der Waals surface area contributed by atoms with Crippen LogP contribution in [0.3, 0.4) is 0 Å². The van der Waals surface area contributed by atoms with Crippen LogP contribution in [0.2, 0.25) is 0 Å². The molecule has 39 heavy (non-hydrogen) atoms. The summed E-state index contributed by atoms with van der Waals surface area (Å²) in [4.78, 5) is 22.2. The largest absolute Gasteiger partial charge is 0.371 e. The molecule has 0 N–H and O–H groups in total. The van der Waals surface area contributed by atoms with Crippen molar-refractivity contribution < 1.29 is 13.6 Å². The molecule has 4 heterocycles. The van der Waals surface area contributed by atoms with Crippen molar-refractivity contribution in [2.24, 2.45) is 5.92 Å². The summed E-state index contributed by atoms with van der Waals surface area (Å²) in [6.07, 6.45) is 1.86. The van der Waals surface area contributed by atoms with E-state index in [1.54, 1.807) is 39.7 Å². The maximum atomic E-state index is 15.3. The molecule has 1 unspecified atom stereocenters. The SMILES string of the molecule is C[C@H]1CCN(c2ccc(-c3cc4nc(C(=O)N5CC(F)c6ccccc6[C@H]5C)cc(C5CC5)n4n3)c(F)c2)C1. The van der Waals surface area contributed by atoms with Crippen molar-refractivity contribution in [3.63, 3.8) is 0 Å². The lowest BCUT2D eigenvalue weighted by Gasteiger charge is -2.36. The molecule has 0 bridgehead atoms. The average molecular weight is 528 g/mol. The molecule has 0 spiro atoms. The molecule has 1 aliphatic carbocycles. The van der Waals surface area contributed by atoms with E-state index < -0.39 is 6.17 Å². The highest BCUT2D eigenvalue weighted by Crippen LogP contribution is 2.42. The van der Waals surface area contributed by atoms with Crippen LogP contribution >= 0.6 is 0 Å². The smallest absolute Gasteiger partial charge is 0.273 e.